The van der Waals surface area contributed by atoms with Crippen molar-refractivity contribution in [1.29, 1.82) is 0 Å². The summed E-state index contributed by atoms with van der Waals surface area (Å²) in [6, 6.07) is 0. The van der Waals surface area contributed by atoms with Crippen molar-refractivity contribution in [2.75, 3.05) is 0 Å². The molecule has 0 fully saturated rings. The van der Waals surface area contributed by atoms with Gasteiger partial charge in [0.1, 0.15) is 6.10 Å². The molecule has 0 aromatic rings. The van der Waals surface area contributed by atoms with Crippen molar-refractivity contribution in [3.05, 3.63) is 12.3 Å². The van der Waals surface area contributed by atoms with Gasteiger partial charge in [-0.1, -0.05) is 0 Å². The molecule has 1 atom stereocenters. The molecule has 5 nitrogen and oxygen atoms in total. The van der Waals surface area contributed by atoms with Gasteiger partial charge < -0.3 is 14.2 Å². The molecule has 1 aliphatic rings. The lowest BCUT2D eigenvalue weighted by atomic mass is 10.1. The second-order valence-electron chi connectivity index (χ2n) is 3.45. The molecule has 0 amide bonds. The summed E-state index contributed by atoms with van der Waals surface area (Å²) in [6.07, 6.45) is 2.92. The van der Waals surface area contributed by atoms with Crippen LogP contribution >= 0.6 is 0 Å². The van der Waals surface area contributed by atoms with E-state index in [4.69, 9.17) is 14.2 Å². The van der Waals surface area contributed by atoms with Crippen molar-refractivity contribution in [3.63, 3.8) is 0 Å². The van der Waals surface area contributed by atoms with Crippen molar-refractivity contribution < 1.29 is 23.8 Å². The van der Waals surface area contributed by atoms with E-state index in [-0.39, 0.29) is 6.10 Å². The molecule has 0 aromatic heterocycles. The first-order valence-electron chi connectivity index (χ1n) is 4.66. The van der Waals surface area contributed by atoms with Crippen LogP contribution in [0.15, 0.2) is 12.3 Å². The van der Waals surface area contributed by atoms with Gasteiger partial charge >= 0.3 is 11.9 Å². The van der Waals surface area contributed by atoms with Crippen molar-refractivity contribution in [3.8, 4) is 0 Å². The Hall–Kier alpha value is -1.52. The number of hydrogen-bond acceptors (Lipinski definition) is 5. The predicted molar refractivity (Wildman–Crippen MR) is 50.6 cm³/mol. The van der Waals surface area contributed by atoms with Crippen LogP contribution in [0, 0.1) is 0 Å². The van der Waals surface area contributed by atoms with Crippen molar-refractivity contribution in [2.24, 2.45) is 0 Å². The van der Waals surface area contributed by atoms with E-state index in [0.29, 0.717) is 6.42 Å². The number of carbonyl (C=O) groups is 2. The van der Waals surface area contributed by atoms with E-state index in [2.05, 4.69) is 0 Å². The summed E-state index contributed by atoms with van der Waals surface area (Å²) >= 11 is 0. The largest absolute Gasteiger partial charge is 0.498 e. The fourth-order valence-corrected chi connectivity index (χ4v) is 1.45. The molecule has 5 heteroatoms. The van der Waals surface area contributed by atoms with Crippen LogP contribution in [0.25, 0.3) is 0 Å². The van der Waals surface area contributed by atoms with Gasteiger partial charge in [-0.15, -0.1) is 0 Å². The zero-order valence-electron chi connectivity index (χ0n) is 8.98. The average molecular weight is 214 g/mol. The molecule has 0 saturated heterocycles. The number of carbonyl (C=O) groups excluding carboxylic acids is 2. The molecule has 84 valence electrons. The fraction of sp³-hybridized carbons (Fsp3) is 0.600. The Morgan fingerprint density at radius 3 is 2.27 bits per heavy atom. The smallest absolute Gasteiger partial charge is 0.306 e. The highest BCUT2D eigenvalue weighted by Gasteiger charge is 2.39. The highest BCUT2D eigenvalue weighted by Crippen LogP contribution is 2.27. The number of hydrogen-bond donors (Lipinski definition) is 0. The molecule has 0 radical (unpaired) electrons. The Morgan fingerprint density at radius 1 is 1.33 bits per heavy atom. The number of rotatable bonds is 2. The minimum atomic E-state index is -1.31. The molecule has 1 rings (SSSR count). The van der Waals surface area contributed by atoms with Gasteiger partial charge in [0.2, 0.25) is 0 Å². The van der Waals surface area contributed by atoms with Crippen LogP contribution < -0.4 is 0 Å². The Morgan fingerprint density at radius 2 is 1.87 bits per heavy atom. The maximum absolute atomic E-state index is 10.9. The molecule has 1 heterocycles. The van der Waals surface area contributed by atoms with Crippen LogP contribution in [0.1, 0.15) is 27.2 Å². The van der Waals surface area contributed by atoms with E-state index < -0.39 is 17.7 Å². The van der Waals surface area contributed by atoms with E-state index in [1.54, 1.807) is 6.92 Å². The minimum absolute atomic E-state index is 0.173. The van der Waals surface area contributed by atoms with Gasteiger partial charge in [-0.3, -0.25) is 9.59 Å². The normalized spacial score (nSPS) is 22.7. The van der Waals surface area contributed by atoms with E-state index in [1.165, 1.54) is 26.2 Å². The topological polar surface area (TPSA) is 61.8 Å². The maximum Gasteiger partial charge on any atom is 0.306 e. The van der Waals surface area contributed by atoms with Gasteiger partial charge in [0.05, 0.1) is 12.7 Å². The summed E-state index contributed by atoms with van der Waals surface area (Å²) in [7, 11) is 0. The van der Waals surface area contributed by atoms with Crippen molar-refractivity contribution >= 4 is 11.9 Å². The third-order valence-corrected chi connectivity index (χ3v) is 1.84. The van der Waals surface area contributed by atoms with Crippen LogP contribution in [0.3, 0.4) is 0 Å². The van der Waals surface area contributed by atoms with Gasteiger partial charge in [-0.05, 0) is 6.92 Å². The third kappa shape index (κ3) is 3.27. The number of esters is 2. The SMILES string of the molecule is CC(=O)OC1(OC(C)=O)C=COC(C)C1. The first-order valence-corrected chi connectivity index (χ1v) is 4.66. The predicted octanol–water partition coefficient (Wildman–Crippen LogP) is 1.13. The zero-order valence-corrected chi connectivity index (χ0v) is 8.98. The summed E-state index contributed by atoms with van der Waals surface area (Å²) in [6.45, 7) is 4.32. The summed E-state index contributed by atoms with van der Waals surface area (Å²) in [5.74, 6) is -2.32. The third-order valence-electron chi connectivity index (χ3n) is 1.84. The molecule has 0 aliphatic carbocycles. The molecule has 15 heavy (non-hydrogen) atoms. The quantitative estimate of drug-likeness (QED) is 0.509. The summed E-state index contributed by atoms with van der Waals surface area (Å²) in [5.41, 5.74) is 0. The monoisotopic (exact) mass is 214 g/mol. The molecule has 0 N–H and O–H groups in total. The van der Waals surface area contributed by atoms with E-state index >= 15 is 0 Å². The highest BCUT2D eigenvalue weighted by atomic mass is 16.7. The highest BCUT2D eigenvalue weighted by molar-refractivity contribution is 5.69. The second-order valence-corrected chi connectivity index (χ2v) is 3.45. The lowest BCUT2D eigenvalue weighted by Crippen LogP contribution is -2.42. The van der Waals surface area contributed by atoms with Crippen molar-refractivity contribution in [2.45, 2.75) is 39.1 Å². The summed E-state index contributed by atoms with van der Waals surface area (Å²) < 4.78 is 15.2. The first kappa shape index (κ1) is 11.6. The summed E-state index contributed by atoms with van der Waals surface area (Å²) in [4.78, 5) is 21.8. The molecule has 0 aromatic carbocycles. The maximum atomic E-state index is 10.9. The molecule has 1 unspecified atom stereocenters. The van der Waals surface area contributed by atoms with Gasteiger partial charge in [-0.25, -0.2) is 0 Å². The zero-order chi connectivity index (χ0) is 11.5. The van der Waals surface area contributed by atoms with E-state index in [9.17, 15) is 9.59 Å². The fourth-order valence-electron chi connectivity index (χ4n) is 1.45. The van der Waals surface area contributed by atoms with Gasteiger partial charge in [0.25, 0.3) is 5.79 Å². The minimum Gasteiger partial charge on any atom is -0.498 e. The Labute approximate surface area is 88.0 Å². The molecule has 0 saturated carbocycles. The van der Waals surface area contributed by atoms with Crippen LogP contribution in [0.2, 0.25) is 0 Å². The molecule has 1 aliphatic heterocycles. The lowest BCUT2D eigenvalue weighted by molar-refractivity contribution is -0.219. The van der Waals surface area contributed by atoms with Gasteiger partial charge in [0.15, 0.2) is 0 Å². The molecule has 0 bridgehead atoms. The van der Waals surface area contributed by atoms with Crippen molar-refractivity contribution in [1.82, 2.24) is 0 Å². The van der Waals surface area contributed by atoms with Crippen LogP contribution in [0.5, 0.6) is 0 Å². The Bertz CT molecular complexity index is 278. The molecular weight excluding hydrogens is 200 g/mol. The van der Waals surface area contributed by atoms with E-state index in [1.807, 2.05) is 0 Å². The van der Waals surface area contributed by atoms with Crippen LogP contribution in [-0.2, 0) is 23.8 Å². The molecule has 0 spiro atoms. The first-order chi connectivity index (χ1) is 6.93. The Kier molecular flexibility index (Phi) is 3.34. The van der Waals surface area contributed by atoms with Gasteiger partial charge in [0, 0.05) is 19.9 Å². The van der Waals surface area contributed by atoms with Crippen LogP contribution in [-0.4, -0.2) is 23.8 Å². The average Bonchev–Trinajstić information content (AvgIpc) is 1.99. The standard InChI is InChI=1S/C10H14O5/c1-7-6-10(4-5-13-7,14-8(2)11)15-9(3)12/h4-5,7H,6H2,1-3H3. The Balaban J connectivity index is 2.84. The lowest BCUT2D eigenvalue weighted by Gasteiger charge is -2.33. The van der Waals surface area contributed by atoms with Gasteiger partial charge in [-0.2, -0.15) is 0 Å². The summed E-state index contributed by atoms with van der Waals surface area (Å²) in [5, 5.41) is 0. The molecular formula is C10H14O5. The van der Waals surface area contributed by atoms with Crippen LogP contribution in [0.4, 0.5) is 0 Å². The van der Waals surface area contributed by atoms with E-state index in [0.717, 1.165) is 0 Å². The number of ether oxygens (including phenoxy) is 3. The second kappa shape index (κ2) is 4.33.